The van der Waals surface area contributed by atoms with E-state index in [4.69, 9.17) is 11.6 Å². The number of nitrogens with one attached hydrogen (secondary N) is 1. The SMILES string of the molecule is Oc1ccc(Cl)cc1C1=NN[C@@H](c2cccnc2)C1. The fraction of sp³-hybridized carbons (Fsp3) is 0.143. The van der Waals surface area contributed by atoms with Gasteiger partial charge >= 0.3 is 0 Å². The van der Waals surface area contributed by atoms with Crippen LogP contribution in [0.3, 0.4) is 0 Å². The van der Waals surface area contributed by atoms with Crippen molar-refractivity contribution in [3.63, 3.8) is 0 Å². The van der Waals surface area contributed by atoms with E-state index in [1.165, 1.54) is 0 Å². The maximum atomic E-state index is 9.87. The van der Waals surface area contributed by atoms with Crippen LogP contribution in [-0.4, -0.2) is 15.8 Å². The van der Waals surface area contributed by atoms with Crippen molar-refractivity contribution in [2.45, 2.75) is 12.5 Å². The molecule has 1 aliphatic heterocycles. The van der Waals surface area contributed by atoms with Crippen LogP contribution in [0.4, 0.5) is 0 Å². The Morgan fingerprint density at radius 3 is 3.00 bits per heavy atom. The summed E-state index contributed by atoms with van der Waals surface area (Å²) in [7, 11) is 0. The first-order valence-corrected chi connectivity index (χ1v) is 6.33. The molecule has 1 atom stereocenters. The summed E-state index contributed by atoms with van der Waals surface area (Å²) in [6.07, 6.45) is 4.25. The summed E-state index contributed by atoms with van der Waals surface area (Å²) in [5.74, 6) is 0.191. The van der Waals surface area contributed by atoms with Crippen LogP contribution in [0.25, 0.3) is 0 Å². The summed E-state index contributed by atoms with van der Waals surface area (Å²) in [6, 6.07) is 8.94. The second kappa shape index (κ2) is 4.90. The topological polar surface area (TPSA) is 57.5 Å². The monoisotopic (exact) mass is 273 g/mol. The highest BCUT2D eigenvalue weighted by Gasteiger charge is 2.23. The first kappa shape index (κ1) is 12.0. The smallest absolute Gasteiger partial charge is 0.124 e. The number of hydrazone groups is 1. The van der Waals surface area contributed by atoms with Gasteiger partial charge in [-0.25, -0.2) is 0 Å². The van der Waals surface area contributed by atoms with E-state index in [-0.39, 0.29) is 11.8 Å². The fourth-order valence-electron chi connectivity index (χ4n) is 2.12. The highest BCUT2D eigenvalue weighted by molar-refractivity contribution is 6.31. The van der Waals surface area contributed by atoms with Gasteiger partial charge < -0.3 is 10.5 Å². The second-order valence-corrected chi connectivity index (χ2v) is 4.83. The summed E-state index contributed by atoms with van der Waals surface area (Å²) in [5.41, 5.74) is 5.61. The number of phenols is 1. The Hall–Kier alpha value is -2.07. The van der Waals surface area contributed by atoms with Crippen molar-refractivity contribution in [3.8, 4) is 5.75 Å². The van der Waals surface area contributed by atoms with E-state index >= 15 is 0 Å². The fourth-order valence-corrected chi connectivity index (χ4v) is 2.30. The van der Waals surface area contributed by atoms with E-state index in [9.17, 15) is 5.11 Å². The quantitative estimate of drug-likeness (QED) is 0.885. The molecule has 0 spiro atoms. The maximum Gasteiger partial charge on any atom is 0.124 e. The molecule has 2 heterocycles. The maximum absolute atomic E-state index is 9.87. The van der Waals surface area contributed by atoms with Gasteiger partial charge in [0.2, 0.25) is 0 Å². The molecular weight excluding hydrogens is 262 g/mol. The summed E-state index contributed by atoms with van der Waals surface area (Å²) in [6.45, 7) is 0. The number of aromatic nitrogens is 1. The predicted octanol–water partition coefficient (Wildman–Crippen LogP) is 2.88. The zero-order valence-electron chi connectivity index (χ0n) is 10.0. The lowest BCUT2D eigenvalue weighted by Crippen LogP contribution is -2.10. The molecule has 0 bridgehead atoms. The zero-order valence-corrected chi connectivity index (χ0v) is 10.8. The van der Waals surface area contributed by atoms with Gasteiger partial charge in [0.15, 0.2) is 0 Å². The van der Waals surface area contributed by atoms with Crippen molar-refractivity contribution in [2.24, 2.45) is 5.10 Å². The lowest BCUT2D eigenvalue weighted by Gasteiger charge is -2.09. The van der Waals surface area contributed by atoms with Crippen molar-refractivity contribution >= 4 is 17.3 Å². The molecule has 2 N–H and O–H groups in total. The second-order valence-electron chi connectivity index (χ2n) is 4.39. The normalized spacial score (nSPS) is 17.9. The number of aromatic hydroxyl groups is 1. The van der Waals surface area contributed by atoms with Gasteiger partial charge in [-0.3, -0.25) is 4.98 Å². The van der Waals surface area contributed by atoms with Crippen LogP contribution in [0.15, 0.2) is 47.8 Å². The molecule has 0 fully saturated rings. The Morgan fingerprint density at radius 2 is 2.21 bits per heavy atom. The summed E-state index contributed by atoms with van der Waals surface area (Å²) < 4.78 is 0. The zero-order chi connectivity index (χ0) is 13.2. The van der Waals surface area contributed by atoms with Gasteiger partial charge in [0, 0.05) is 29.4 Å². The van der Waals surface area contributed by atoms with Crippen molar-refractivity contribution in [3.05, 3.63) is 58.9 Å². The van der Waals surface area contributed by atoms with Crippen LogP contribution in [0.5, 0.6) is 5.75 Å². The van der Waals surface area contributed by atoms with Gasteiger partial charge in [0.25, 0.3) is 0 Å². The summed E-state index contributed by atoms with van der Waals surface area (Å²) >= 11 is 5.95. The van der Waals surface area contributed by atoms with Crippen LogP contribution in [0, 0.1) is 0 Å². The Morgan fingerprint density at radius 1 is 1.32 bits per heavy atom. The molecule has 1 aromatic heterocycles. The third-order valence-corrected chi connectivity index (χ3v) is 3.34. The summed E-state index contributed by atoms with van der Waals surface area (Å²) in [5, 5.41) is 14.7. The average molecular weight is 274 g/mol. The van der Waals surface area contributed by atoms with Gasteiger partial charge in [-0.1, -0.05) is 17.7 Å². The van der Waals surface area contributed by atoms with Gasteiger partial charge in [0.1, 0.15) is 5.75 Å². The molecule has 3 rings (SSSR count). The Balaban J connectivity index is 1.84. The molecule has 5 heteroatoms. The van der Waals surface area contributed by atoms with Crippen LogP contribution >= 0.6 is 11.6 Å². The number of phenolic OH excluding ortho intramolecular Hbond substituents is 1. The molecule has 0 aliphatic carbocycles. The van der Waals surface area contributed by atoms with Gasteiger partial charge in [-0.15, -0.1) is 0 Å². The van der Waals surface area contributed by atoms with Crippen molar-refractivity contribution in [1.82, 2.24) is 10.4 Å². The molecule has 0 unspecified atom stereocenters. The van der Waals surface area contributed by atoms with Gasteiger partial charge in [0.05, 0.1) is 11.8 Å². The van der Waals surface area contributed by atoms with Gasteiger partial charge in [-0.2, -0.15) is 5.10 Å². The number of pyridine rings is 1. The van der Waals surface area contributed by atoms with E-state index in [2.05, 4.69) is 15.5 Å². The Labute approximate surface area is 115 Å². The first-order valence-electron chi connectivity index (χ1n) is 5.95. The molecule has 1 aromatic carbocycles. The van der Waals surface area contributed by atoms with Crippen LogP contribution < -0.4 is 5.43 Å². The summed E-state index contributed by atoms with van der Waals surface area (Å²) in [4.78, 5) is 4.10. The molecule has 0 radical (unpaired) electrons. The number of hydrogen-bond donors (Lipinski definition) is 2. The molecule has 96 valence electrons. The van der Waals surface area contributed by atoms with E-state index in [0.29, 0.717) is 17.0 Å². The molecule has 19 heavy (non-hydrogen) atoms. The van der Waals surface area contributed by atoms with Crippen molar-refractivity contribution in [2.75, 3.05) is 0 Å². The number of benzene rings is 1. The van der Waals surface area contributed by atoms with E-state index in [1.807, 2.05) is 18.3 Å². The van der Waals surface area contributed by atoms with Gasteiger partial charge in [-0.05, 0) is 29.8 Å². The molecule has 4 nitrogen and oxygen atoms in total. The third-order valence-electron chi connectivity index (χ3n) is 3.11. The molecule has 0 saturated carbocycles. The van der Waals surface area contributed by atoms with E-state index in [0.717, 1.165) is 11.3 Å². The Bertz CT molecular complexity index is 628. The minimum atomic E-state index is 0.0853. The van der Waals surface area contributed by atoms with Crippen LogP contribution in [-0.2, 0) is 0 Å². The highest BCUT2D eigenvalue weighted by atomic mass is 35.5. The standard InChI is InChI=1S/C14H12ClN3O/c15-10-3-4-14(19)11(6-10)13-7-12(17-18-13)9-2-1-5-16-8-9/h1-6,8,12,17,19H,7H2/t12-/m1/s1. The minimum absolute atomic E-state index is 0.0853. The van der Waals surface area contributed by atoms with Crippen molar-refractivity contribution < 1.29 is 5.11 Å². The van der Waals surface area contributed by atoms with Crippen LogP contribution in [0.2, 0.25) is 5.02 Å². The number of rotatable bonds is 2. The lowest BCUT2D eigenvalue weighted by molar-refractivity contribution is 0.474. The molecule has 0 saturated heterocycles. The predicted molar refractivity (Wildman–Crippen MR) is 74.4 cm³/mol. The molecule has 2 aromatic rings. The van der Waals surface area contributed by atoms with Crippen molar-refractivity contribution in [1.29, 1.82) is 0 Å². The minimum Gasteiger partial charge on any atom is -0.507 e. The highest BCUT2D eigenvalue weighted by Crippen LogP contribution is 2.29. The van der Waals surface area contributed by atoms with E-state index in [1.54, 1.807) is 24.4 Å². The third kappa shape index (κ3) is 2.39. The first-order chi connectivity index (χ1) is 9.24. The lowest BCUT2D eigenvalue weighted by atomic mass is 10.00. The number of halogens is 1. The molecule has 1 aliphatic rings. The molecule has 0 amide bonds. The number of nitrogens with zero attached hydrogens (tertiary/aromatic N) is 2. The largest absolute Gasteiger partial charge is 0.507 e. The van der Waals surface area contributed by atoms with E-state index < -0.39 is 0 Å². The average Bonchev–Trinajstić information content (AvgIpc) is 2.92. The Kier molecular flexibility index (Phi) is 3.09. The molecular formula is C14H12ClN3O. The van der Waals surface area contributed by atoms with Crippen LogP contribution in [0.1, 0.15) is 23.6 Å². The number of hydrogen-bond acceptors (Lipinski definition) is 4.